The van der Waals surface area contributed by atoms with Gasteiger partial charge in [0.2, 0.25) is 0 Å². The van der Waals surface area contributed by atoms with Crippen molar-refractivity contribution < 1.29 is 8.85 Å². The summed E-state index contributed by atoms with van der Waals surface area (Å²) < 4.78 is 11.8. The van der Waals surface area contributed by atoms with E-state index in [0.29, 0.717) is 0 Å². The van der Waals surface area contributed by atoms with E-state index < -0.39 is 18.1 Å². The molecule has 0 aromatic heterocycles. The number of hydrogen-bond acceptors (Lipinski definition) is 2. The molecule has 0 saturated carbocycles. The zero-order valence-corrected chi connectivity index (χ0v) is 13.6. The van der Waals surface area contributed by atoms with Crippen molar-refractivity contribution in [3.8, 4) is 0 Å². The maximum atomic E-state index is 6.00. The van der Waals surface area contributed by atoms with Gasteiger partial charge in [-0.1, -0.05) is 6.92 Å². The second-order valence-electron chi connectivity index (χ2n) is 5.30. The van der Waals surface area contributed by atoms with Crippen LogP contribution < -0.4 is 0 Å². The molecule has 2 unspecified atom stereocenters. The molecule has 2 atom stereocenters. The summed E-state index contributed by atoms with van der Waals surface area (Å²) in [5, 5.41) is 0. The van der Waals surface area contributed by atoms with Crippen LogP contribution in [0.25, 0.3) is 0 Å². The minimum Gasteiger partial charge on any atom is -0.420 e. The Labute approximate surface area is 98.8 Å². The van der Waals surface area contributed by atoms with Gasteiger partial charge in [0.25, 0.3) is 0 Å². The molecular formula is C11H28O2Si2. The average molecular weight is 249 g/mol. The van der Waals surface area contributed by atoms with Crippen LogP contribution in [-0.2, 0) is 8.85 Å². The first-order valence-corrected chi connectivity index (χ1v) is 11.0. The minimum atomic E-state index is -0.962. The summed E-state index contributed by atoms with van der Waals surface area (Å²) in [5.41, 5.74) is 0.0424. The van der Waals surface area contributed by atoms with Crippen LogP contribution in [0.3, 0.4) is 0 Å². The van der Waals surface area contributed by atoms with Gasteiger partial charge in [0.05, 0.1) is 0 Å². The Balaban J connectivity index is 3.57. The molecule has 0 aromatic carbocycles. The highest BCUT2D eigenvalue weighted by atomic mass is 28.3. The molecule has 0 bridgehead atoms. The summed E-state index contributed by atoms with van der Waals surface area (Å²) in [4.78, 5) is 0. The summed E-state index contributed by atoms with van der Waals surface area (Å²) >= 11 is 0. The molecule has 2 nitrogen and oxygen atoms in total. The van der Waals surface area contributed by atoms with E-state index >= 15 is 0 Å². The average Bonchev–Trinajstić information content (AvgIpc) is 2.08. The van der Waals surface area contributed by atoms with Crippen molar-refractivity contribution in [2.75, 3.05) is 6.61 Å². The van der Waals surface area contributed by atoms with Crippen LogP contribution in [0.2, 0.25) is 25.2 Å². The minimum absolute atomic E-state index is 0.0424. The van der Waals surface area contributed by atoms with Gasteiger partial charge < -0.3 is 8.85 Å². The summed E-state index contributed by atoms with van der Waals surface area (Å²) in [6.45, 7) is 14.1. The molecule has 0 aliphatic rings. The third-order valence-corrected chi connectivity index (χ3v) is 7.01. The molecule has 4 heteroatoms. The Morgan fingerprint density at radius 3 is 2.00 bits per heavy atom. The van der Waals surface area contributed by atoms with Crippen LogP contribution in [-0.4, -0.2) is 30.3 Å². The molecule has 0 radical (unpaired) electrons. The van der Waals surface area contributed by atoms with E-state index in [1.807, 2.05) is 0 Å². The van der Waals surface area contributed by atoms with Gasteiger partial charge in [0.15, 0.2) is 18.1 Å². The van der Waals surface area contributed by atoms with Crippen LogP contribution in [0.1, 0.15) is 34.1 Å². The van der Waals surface area contributed by atoms with Gasteiger partial charge in [-0.15, -0.1) is 0 Å². The largest absolute Gasteiger partial charge is 0.420 e. The highest BCUT2D eigenvalue weighted by Gasteiger charge is 2.17. The number of hydrogen-bond donors (Lipinski definition) is 0. The molecule has 0 aliphatic carbocycles. The van der Waals surface area contributed by atoms with Crippen molar-refractivity contribution in [2.24, 2.45) is 0 Å². The topological polar surface area (TPSA) is 18.5 Å². The van der Waals surface area contributed by atoms with Crippen LogP contribution >= 0.6 is 0 Å². The van der Waals surface area contributed by atoms with Crippen molar-refractivity contribution in [2.45, 2.75) is 64.9 Å². The van der Waals surface area contributed by atoms with E-state index in [1.165, 1.54) is 12.1 Å². The quantitative estimate of drug-likeness (QED) is 0.645. The van der Waals surface area contributed by atoms with Crippen LogP contribution in [0.15, 0.2) is 0 Å². The summed E-state index contributed by atoms with van der Waals surface area (Å²) in [5.74, 6) is 0. The maximum absolute atomic E-state index is 6.00. The van der Waals surface area contributed by atoms with E-state index in [1.54, 1.807) is 0 Å². The van der Waals surface area contributed by atoms with Crippen LogP contribution in [0.5, 0.6) is 0 Å². The first-order valence-electron chi connectivity index (χ1n) is 6.14. The highest BCUT2D eigenvalue weighted by molar-refractivity contribution is 6.56. The fourth-order valence-corrected chi connectivity index (χ4v) is 7.42. The predicted molar refractivity (Wildman–Crippen MR) is 72.7 cm³/mol. The van der Waals surface area contributed by atoms with E-state index in [0.717, 1.165) is 13.0 Å². The van der Waals surface area contributed by atoms with Gasteiger partial charge in [-0.3, -0.25) is 0 Å². The third-order valence-electron chi connectivity index (χ3n) is 2.14. The van der Waals surface area contributed by atoms with Gasteiger partial charge >= 0.3 is 0 Å². The van der Waals surface area contributed by atoms with Crippen LogP contribution in [0, 0.1) is 0 Å². The van der Waals surface area contributed by atoms with Gasteiger partial charge in [-0.25, -0.2) is 0 Å². The third kappa shape index (κ3) is 10.6. The van der Waals surface area contributed by atoms with E-state index in [2.05, 4.69) is 40.8 Å². The molecular weight excluding hydrogens is 220 g/mol. The summed E-state index contributed by atoms with van der Waals surface area (Å²) in [6, 6.07) is 2.55. The Morgan fingerprint density at radius 2 is 1.53 bits per heavy atom. The summed E-state index contributed by atoms with van der Waals surface area (Å²) in [7, 11) is -1.85. The molecule has 0 rings (SSSR count). The Kier molecular flexibility index (Phi) is 7.78. The van der Waals surface area contributed by atoms with Gasteiger partial charge in [-0.2, -0.15) is 0 Å². The van der Waals surface area contributed by atoms with Crippen molar-refractivity contribution in [3.63, 3.8) is 0 Å². The molecule has 0 aliphatic heterocycles. The van der Waals surface area contributed by atoms with Gasteiger partial charge in [-0.05, 0) is 52.4 Å². The van der Waals surface area contributed by atoms with Crippen molar-refractivity contribution in [1.82, 2.24) is 0 Å². The molecule has 0 N–H and O–H groups in total. The zero-order valence-electron chi connectivity index (χ0n) is 11.3. The first kappa shape index (κ1) is 15.4. The summed E-state index contributed by atoms with van der Waals surface area (Å²) in [6.07, 6.45) is 1.14. The first-order chi connectivity index (χ1) is 6.85. The SMILES string of the molecule is CCCO[SiH](C)CC[SiH](C)OC(C)(C)C. The highest BCUT2D eigenvalue weighted by Crippen LogP contribution is 2.13. The van der Waals surface area contributed by atoms with Crippen molar-refractivity contribution in [3.05, 3.63) is 0 Å². The Hall–Kier alpha value is 0.354. The fraction of sp³-hybridized carbons (Fsp3) is 1.00. The van der Waals surface area contributed by atoms with Gasteiger partial charge in [0.1, 0.15) is 0 Å². The standard InChI is InChI=1S/C11H28O2Si2/c1-7-8-12-14(5)9-10-15(6)13-11(2,3)4/h14-15H,7-10H2,1-6H3. The molecule has 0 saturated heterocycles. The lowest BCUT2D eigenvalue weighted by Gasteiger charge is -2.25. The second-order valence-corrected chi connectivity index (χ2v) is 10.3. The zero-order chi connectivity index (χ0) is 11.9. The van der Waals surface area contributed by atoms with Gasteiger partial charge in [0, 0.05) is 12.2 Å². The molecule has 0 amide bonds. The fourth-order valence-electron chi connectivity index (χ4n) is 1.53. The van der Waals surface area contributed by atoms with E-state index in [9.17, 15) is 0 Å². The molecule has 0 heterocycles. The molecule has 0 spiro atoms. The Morgan fingerprint density at radius 1 is 1.00 bits per heavy atom. The molecule has 0 fully saturated rings. The van der Waals surface area contributed by atoms with Crippen LogP contribution in [0.4, 0.5) is 0 Å². The van der Waals surface area contributed by atoms with Crippen molar-refractivity contribution in [1.29, 1.82) is 0 Å². The smallest absolute Gasteiger partial charge is 0.174 e. The normalized spacial score (nSPS) is 16.4. The predicted octanol–water partition coefficient (Wildman–Crippen LogP) is 2.94. The molecule has 92 valence electrons. The maximum Gasteiger partial charge on any atom is 0.174 e. The molecule has 15 heavy (non-hydrogen) atoms. The number of rotatable bonds is 7. The van der Waals surface area contributed by atoms with Crippen molar-refractivity contribution >= 4 is 18.1 Å². The lowest BCUT2D eigenvalue weighted by molar-refractivity contribution is 0.130. The Bertz CT molecular complexity index is 157. The monoisotopic (exact) mass is 248 g/mol. The lowest BCUT2D eigenvalue weighted by Crippen LogP contribution is -2.29. The van der Waals surface area contributed by atoms with E-state index in [-0.39, 0.29) is 5.60 Å². The second kappa shape index (κ2) is 7.60. The lowest BCUT2D eigenvalue weighted by atomic mass is 10.2. The molecule has 0 aromatic rings. The van der Waals surface area contributed by atoms with E-state index in [4.69, 9.17) is 8.85 Å².